The highest BCUT2D eigenvalue weighted by Crippen LogP contribution is 2.27. The van der Waals surface area contributed by atoms with Crippen LogP contribution in [0.2, 0.25) is 5.02 Å². The van der Waals surface area contributed by atoms with E-state index in [0.29, 0.717) is 12.5 Å². The number of benzene rings is 1. The minimum atomic E-state index is -0.478. The Morgan fingerprint density at radius 3 is 2.83 bits per heavy atom. The van der Waals surface area contributed by atoms with E-state index in [0.717, 1.165) is 24.9 Å². The third-order valence-electron chi connectivity index (χ3n) is 3.18. The van der Waals surface area contributed by atoms with Gasteiger partial charge < -0.3 is 10.4 Å². The molecule has 1 aliphatic carbocycles. The van der Waals surface area contributed by atoms with Crippen LogP contribution in [0.15, 0.2) is 18.2 Å². The fourth-order valence-electron chi connectivity index (χ4n) is 2.10. The number of hydrogen-bond donors (Lipinski definition) is 2. The lowest BCUT2D eigenvalue weighted by molar-refractivity contribution is -0.384. The maximum atomic E-state index is 10.7. The number of nitrogens with zero attached hydrogens (tertiary/aromatic N) is 1. The molecule has 0 atom stereocenters. The lowest BCUT2D eigenvalue weighted by atomic mass is 9.82. The smallest absolute Gasteiger partial charge is 0.288 e. The second kappa shape index (κ2) is 5.65. The topological polar surface area (TPSA) is 75.4 Å². The van der Waals surface area contributed by atoms with Gasteiger partial charge in [-0.05, 0) is 36.9 Å². The van der Waals surface area contributed by atoms with E-state index in [1.165, 1.54) is 6.07 Å². The van der Waals surface area contributed by atoms with Crippen LogP contribution in [-0.4, -0.2) is 22.7 Å². The molecule has 98 valence electrons. The van der Waals surface area contributed by atoms with Crippen LogP contribution in [0.4, 0.5) is 5.69 Å². The number of hydrogen-bond acceptors (Lipinski definition) is 4. The van der Waals surface area contributed by atoms with Crippen molar-refractivity contribution in [1.82, 2.24) is 5.32 Å². The Morgan fingerprint density at radius 2 is 2.22 bits per heavy atom. The molecule has 5 nitrogen and oxygen atoms in total. The zero-order chi connectivity index (χ0) is 13.1. The van der Waals surface area contributed by atoms with Crippen LogP contribution in [0.25, 0.3) is 0 Å². The fourth-order valence-corrected chi connectivity index (χ4v) is 2.28. The number of nitro benzene ring substituents is 1. The Balaban J connectivity index is 1.85. The molecule has 6 heteroatoms. The number of aliphatic hydroxyl groups excluding tert-OH is 1. The molecule has 1 fully saturated rings. The second-order valence-electron chi connectivity index (χ2n) is 4.67. The summed E-state index contributed by atoms with van der Waals surface area (Å²) in [4.78, 5) is 10.2. The number of nitrogens with one attached hydrogen (secondary N) is 1. The van der Waals surface area contributed by atoms with Crippen LogP contribution in [0.5, 0.6) is 0 Å². The first-order valence-corrected chi connectivity index (χ1v) is 6.25. The van der Waals surface area contributed by atoms with Gasteiger partial charge in [-0.25, -0.2) is 0 Å². The Kier molecular flexibility index (Phi) is 4.16. The maximum absolute atomic E-state index is 10.7. The Labute approximate surface area is 110 Å². The first-order valence-electron chi connectivity index (χ1n) is 5.88. The van der Waals surface area contributed by atoms with Crippen LogP contribution in [0.1, 0.15) is 18.4 Å². The molecular formula is C12H15ClN2O3. The molecule has 0 aromatic heterocycles. The van der Waals surface area contributed by atoms with Gasteiger partial charge in [0.2, 0.25) is 0 Å². The van der Waals surface area contributed by atoms with Gasteiger partial charge in [-0.2, -0.15) is 0 Å². The first kappa shape index (κ1) is 13.3. The van der Waals surface area contributed by atoms with Gasteiger partial charge in [-0.1, -0.05) is 17.7 Å². The Morgan fingerprint density at radius 1 is 1.50 bits per heavy atom. The van der Waals surface area contributed by atoms with E-state index in [2.05, 4.69) is 5.32 Å². The molecule has 1 saturated carbocycles. The zero-order valence-corrected chi connectivity index (χ0v) is 10.6. The van der Waals surface area contributed by atoms with E-state index >= 15 is 0 Å². The molecule has 1 aliphatic rings. The third kappa shape index (κ3) is 3.19. The minimum absolute atomic E-state index is 0.0602. The van der Waals surface area contributed by atoms with E-state index in [1.807, 2.05) is 0 Å². The molecular weight excluding hydrogens is 256 g/mol. The second-order valence-corrected chi connectivity index (χ2v) is 5.07. The van der Waals surface area contributed by atoms with Gasteiger partial charge in [0.25, 0.3) is 5.69 Å². The highest BCUT2D eigenvalue weighted by atomic mass is 35.5. The van der Waals surface area contributed by atoms with Gasteiger partial charge >= 0.3 is 0 Å². The molecule has 0 bridgehead atoms. The summed E-state index contributed by atoms with van der Waals surface area (Å²) in [7, 11) is 0. The lowest BCUT2D eigenvalue weighted by Crippen LogP contribution is -2.35. The minimum Gasteiger partial charge on any atom is -0.393 e. The fraction of sp³-hybridized carbons (Fsp3) is 0.500. The highest BCUT2D eigenvalue weighted by molar-refractivity contribution is 6.32. The van der Waals surface area contributed by atoms with Crippen molar-refractivity contribution in [2.24, 2.45) is 5.92 Å². The van der Waals surface area contributed by atoms with Crippen molar-refractivity contribution < 1.29 is 10.0 Å². The van der Waals surface area contributed by atoms with Crippen LogP contribution < -0.4 is 5.32 Å². The van der Waals surface area contributed by atoms with Crippen LogP contribution in [-0.2, 0) is 6.54 Å². The lowest BCUT2D eigenvalue weighted by Gasteiger charge is -2.31. The molecule has 2 N–H and O–H groups in total. The van der Waals surface area contributed by atoms with Crippen LogP contribution in [0, 0.1) is 16.0 Å². The predicted molar refractivity (Wildman–Crippen MR) is 68.5 cm³/mol. The van der Waals surface area contributed by atoms with E-state index in [4.69, 9.17) is 16.7 Å². The summed E-state index contributed by atoms with van der Waals surface area (Å²) >= 11 is 5.73. The van der Waals surface area contributed by atoms with E-state index in [9.17, 15) is 10.1 Å². The van der Waals surface area contributed by atoms with Crippen molar-refractivity contribution in [2.75, 3.05) is 6.54 Å². The average Bonchev–Trinajstić information content (AvgIpc) is 2.28. The SMILES string of the molecule is O=[N+]([O-])c1cc(CNCC2CC(O)C2)ccc1Cl. The summed E-state index contributed by atoms with van der Waals surface area (Å²) in [5.41, 5.74) is 0.779. The monoisotopic (exact) mass is 270 g/mol. The predicted octanol–water partition coefficient (Wildman–Crippen LogP) is 2.11. The highest BCUT2D eigenvalue weighted by Gasteiger charge is 2.26. The maximum Gasteiger partial charge on any atom is 0.288 e. The number of rotatable bonds is 5. The van der Waals surface area contributed by atoms with Crippen molar-refractivity contribution in [1.29, 1.82) is 0 Å². The largest absolute Gasteiger partial charge is 0.393 e. The van der Waals surface area contributed by atoms with Gasteiger partial charge in [0, 0.05) is 12.6 Å². The molecule has 0 radical (unpaired) electrons. The molecule has 0 aliphatic heterocycles. The molecule has 0 amide bonds. The average molecular weight is 271 g/mol. The molecule has 0 heterocycles. The summed E-state index contributed by atoms with van der Waals surface area (Å²) < 4.78 is 0. The van der Waals surface area contributed by atoms with Crippen molar-refractivity contribution in [3.05, 3.63) is 38.9 Å². The Hall–Kier alpha value is -1.17. The standard InChI is InChI=1S/C12H15ClN2O3/c13-11-2-1-8(5-12(11)15(17)18)6-14-7-9-3-10(16)4-9/h1-2,5,9-10,14,16H,3-4,6-7H2. The molecule has 18 heavy (non-hydrogen) atoms. The van der Waals surface area contributed by atoms with Gasteiger partial charge in [0.1, 0.15) is 5.02 Å². The van der Waals surface area contributed by atoms with Crippen molar-refractivity contribution in [2.45, 2.75) is 25.5 Å². The van der Waals surface area contributed by atoms with E-state index < -0.39 is 4.92 Å². The number of halogens is 1. The summed E-state index contributed by atoms with van der Waals surface area (Å²) in [6, 6.07) is 4.81. The molecule has 2 rings (SSSR count). The molecule has 1 aromatic carbocycles. The quantitative estimate of drug-likeness (QED) is 0.635. The van der Waals surface area contributed by atoms with Gasteiger partial charge in [-0.3, -0.25) is 10.1 Å². The summed E-state index contributed by atoms with van der Waals surface area (Å²) in [5.74, 6) is 0.516. The van der Waals surface area contributed by atoms with Gasteiger partial charge in [0.15, 0.2) is 0 Å². The molecule has 0 saturated heterocycles. The van der Waals surface area contributed by atoms with E-state index in [1.54, 1.807) is 12.1 Å². The van der Waals surface area contributed by atoms with Crippen LogP contribution >= 0.6 is 11.6 Å². The van der Waals surface area contributed by atoms with Crippen molar-refractivity contribution >= 4 is 17.3 Å². The first-order chi connectivity index (χ1) is 8.56. The zero-order valence-electron chi connectivity index (χ0n) is 9.80. The number of aliphatic hydroxyl groups is 1. The van der Waals surface area contributed by atoms with Gasteiger partial charge in [-0.15, -0.1) is 0 Å². The van der Waals surface area contributed by atoms with Crippen LogP contribution in [0.3, 0.4) is 0 Å². The summed E-state index contributed by atoms with van der Waals surface area (Å²) in [6.45, 7) is 1.40. The number of nitro groups is 1. The van der Waals surface area contributed by atoms with Crippen molar-refractivity contribution in [3.63, 3.8) is 0 Å². The summed E-state index contributed by atoms with van der Waals surface area (Å²) in [6.07, 6.45) is 1.54. The Bertz CT molecular complexity index is 447. The summed E-state index contributed by atoms with van der Waals surface area (Å²) in [5, 5.41) is 23.3. The molecule has 1 aromatic rings. The van der Waals surface area contributed by atoms with E-state index in [-0.39, 0.29) is 16.8 Å². The third-order valence-corrected chi connectivity index (χ3v) is 3.50. The molecule has 0 spiro atoms. The van der Waals surface area contributed by atoms with Crippen molar-refractivity contribution in [3.8, 4) is 0 Å². The normalized spacial score (nSPS) is 22.6. The molecule has 0 unspecified atom stereocenters. The van der Waals surface area contributed by atoms with Gasteiger partial charge in [0.05, 0.1) is 11.0 Å².